The maximum atomic E-state index is 12.8. The van der Waals surface area contributed by atoms with Crippen LogP contribution in [0.4, 0.5) is 0 Å². The molecule has 0 radical (unpaired) electrons. The second-order valence-electron chi connectivity index (χ2n) is 6.87. The van der Waals surface area contributed by atoms with Crippen LogP contribution in [-0.2, 0) is 9.53 Å². The number of methoxy groups -OCH3 is 1. The molecule has 29 heavy (non-hydrogen) atoms. The second-order valence-corrected chi connectivity index (χ2v) is 7.67. The van der Waals surface area contributed by atoms with Gasteiger partial charge in [-0.2, -0.15) is 0 Å². The molecule has 1 saturated heterocycles. The SMILES string of the molecule is CCNC(=S)N1CCC([C@H](NC(=O)c2ccccc2Cl)C(=O)NCCOC)CC1. The highest BCUT2D eigenvalue weighted by Crippen LogP contribution is 2.22. The molecule has 9 heteroatoms. The van der Waals surface area contributed by atoms with Crippen LogP contribution in [-0.4, -0.2) is 67.8 Å². The Morgan fingerprint density at radius 3 is 2.59 bits per heavy atom. The first kappa shape index (κ1) is 23.4. The Kier molecular flexibility index (Phi) is 9.63. The van der Waals surface area contributed by atoms with Crippen LogP contribution in [0, 0.1) is 5.92 Å². The standard InChI is InChI=1S/C20H29ClN4O3S/c1-3-22-20(29)25-11-8-14(9-12-25)17(19(27)23-10-13-28-2)24-18(26)15-6-4-5-7-16(15)21/h4-7,14,17H,3,8-13H2,1-2H3,(H,22,29)(H,23,27)(H,24,26)/t17-/m0/s1. The van der Waals surface area contributed by atoms with E-state index in [4.69, 9.17) is 28.6 Å². The summed E-state index contributed by atoms with van der Waals surface area (Å²) in [7, 11) is 1.58. The average molecular weight is 441 g/mol. The van der Waals surface area contributed by atoms with Gasteiger partial charge in [-0.1, -0.05) is 23.7 Å². The number of likely N-dealkylation sites (tertiary alicyclic amines) is 1. The zero-order valence-electron chi connectivity index (χ0n) is 16.9. The number of benzene rings is 1. The van der Waals surface area contributed by atoms with Crippen LogP contribution in [0.3, 0.4) is 0 Å². The molecule has 7 nitrogen and oxygen atoms in total. The summed E-state index contributed by atoms with van der Waals surface area (Å²) in [6, 6.07) is 6.16. The van der Waals surface area contributed by atoms with E-state index in [1.165, 1.54) is 0 Å². The lowest BCUT2D eigenvalue weighted by molar-refractivity contribution is -0.124. The van der Waals surface area contributed by atoms with Crippen LogP contribution in [0.1, 0.15) is 30.1 Å². The normalized spacial score (nSPS) is 15.5. The molecule has 1 aliphatic rings. The van der Waals surface area contributed by atoms with E-state index in [1.54, 1.807) is 31.4 Å². The van der Waals surface area contributed by atoms with E-state index in [2.05, 4.69) is 20.9 Å². The van der Waals surface area contributed by atoms with Crippen LogP contribution in [0.25, 0.3) is 0 Å². The van der Waals surface area contributed by atoms with Gasteiger partial charge in [-0.25, -0.2) is 0 Å². The van der Waals surface area contributed by atoms with Crippen LogP contribution in [0.15, 0.2) is 24.3 Å². The van der Waals surface area contributed by atoms with E-state index in [0.29, 0.717) is 23.7 Å². The largest absolute Gasteiger partial charge is 0.383 e. The molecule has 1 heterocycles. The summed E-state index contributed by atoms with van der Waals surface area (Å²) in [6.07, 6.45) is 1.49. The Morgan fingerprint density at radius 2 is 1.97 bits per heavy atom. The van der Waals surface area contributed by atoms with E-state index in [0.717, 1.165) is 37.6 Å². The van der Waals surface area contributed by atoms with Crippen molar-refractivity contribution in [3.05, 3.63) is 34.9 Å². The minimum atomic E-state index is -0.648. The second kappa shape index (κ2) is 11.9. The molecule has 0 unspecified atom stereocenters. The van der Waals surface area contributed by atoms with E-state index in [1.807, 2.05) is 6.92 Å². The highest BCUT2D eigenvalue weighted by Gasteiger charge is 2.33. The number of nitrogens with one attached hydrogen (secondary N) is 3. The first-order chi connectivity index (χ1) is 14.0. The Labute approximate surface area is 182 Å². The Balaban J connectivity index is 2.07. The van der Waals surface area contributed by atoms with Gasteiger partial charge in [0.15, 0.2) is 5.11 Å². The molecule has 1 aliphatic heterocycles. The third kappa shape index (κ3) is 6.83. The van der Waals surface area contributed by atoms with Gasteiger partial charge in [0.25, 0.3) is 5.91 Å². The van der Waals surface area contributed by atoms with Crippen LogP contribution >= 0.6 is 23.8 Å². The molecule has 2 amide bonds. The number of hydrogen-bond donors (Lipinski definition) is 3. The lowest BCUT2D eigenvalue weighted by atomic mass is 9.88. The van der Waals surface area contributed by atoms with Crippen molar-refractivity contribution in [2.45, 2.75) is 25.8 Å². The Hall–Kier alpha value is -1.90. The number of amides is 2. The van der Waals surface area contributed by atoms with E-state index in [-0.39, 0.29) is 17.7 Å². The van der Waals surface area contributed by atoms with Gasteiger partial charge in [-0.3, -0.25) is 9.59 Å². The first-order valence-electron chi connectivity index (χ1n) is 9.82. The summed E-state index contributed by atoms with van der Waals surface area (Å²) >= 11 is 11.5. The van der Waals surface area contributed by atoms with Crippen molar-refractivity contribution in [3.63, 3.8) is 0 Å². The third-order valence-corrected chi connectivity index (χ3v) is 5.65. The zero-order chi connectivity index (χ0) is 21.2. The molecule has 0 saturated carbocycles. The molecule has 0 bridgehead atoms. The van der Waals surface area contributed by atoms with Crippen molar-refractivity contribution in [1.29, 1.82) is 0 Å². The topological polar surface area (TPSA) is 82.7 Å². The summed E-state index contributed by atoms with van der Waals surface area (Å²) in [6.45, 7) is 5.05. The van der Waals surface area contributed by atoms with E-state index >= 15 is 0 Å². The maximum Gasteiger partial charge on any atom is 0.253 e. The summed E-state index contributed by atoms with van der Waals surface area (Å²) < 4.78 is 5.00. The number of rotatable bonds is 8. The van der Waals surface area contributed by atoms with Gasteiger partial charge in [0.05, 0.1) is 17.2 Å². The van der Waals surface area contributed by atoms with Gasteiger partial charge in [0.2, 0.25) is 5.91 Å². The summed E-state index contributed by atoms with van der Waals surface area (Å²) in [4.78, 5) is 27.7. The molecule has 0 aliphatic carbocycles. The lowest BCUT2D eigenvalue weighted by Gasteiger charge is -2.37. The first-order valence-corrected chi connectivity index (χ1v) is 10.6. The smallest absolute Gasteiger partial charge is 0.253 e. The summed E-state index contributed by atoms with van der Waals surface area (Å²) in [5.41, 5.74) is 0.356. The van der Waals surface area contributed by atoms with Gasteiger partial charge >= 0.3 is 0 Å². The molecule has 0 aromatic heterocycles. The van der Waals surface area contributed by atoms with E-state index in [9.17, 15) is 9.59 Å². The third-order valence-electron chi connectivity index (χ3n) is 4.92. The van der Waals surface area contributed by atoms with Gasteiger partial charge in [-0.05, 0) is 50.0 Å². The van der Waals surface area contributed by atoms with Crippen molar-refractivity contribution in [2.75, 3.05) is 39.9 Å². The predicted octanol–water partition coefficient (Wildman–Crippen LogP) is 1.81. The Bertz CT molecular complexity index is 711. The molecule has 2 rings (SSSR count). The van der Waals surface area contributed by atoms with Gasteiger partial charge in [0.1, 0.15) is 6.04 Å². The molecule has 160 valence electrons. The molecule has 3 N–H and O–H groups in total. The molecule has 1 fully saturated rings. The van der Waals surface area contributed by atoms with Crippen molar-refractivity contribution in [2.24, 2.45) is 5.92 Å². The fraction of sp³-hybridized carbons (Fsp3) is 0.550. The van der Waals surface area contributed by atoms with Gasteiger partial charge in [-0.15, -0.1) is 0 Å². The lowest BCUT2D eigenvalue weighted by Crippen LogP contribution is -2.54. The summed E-state index contributed by atoms with van der Waals surface area (Å²) in [5.74, 6) is -0.562. The number of nitrogens with zero attached hydrogens (tertiary/aromatic N) is 1. The van der Waals surface area contributed by atoms with Crippen molar-refractivity contribution >= 4 is 40.7 Å². The maximum absolute atomic E-state index is 12.8. The minimum absolute atomic E-state index is 0.00431. The zero-order valence-corrected chi connectivity index (χ0v) is 18.4. The number of thiocarbonyl (C=S) groups is 1. The van der Waals surface area contributed by atoms with Crippen molar-refractivity contribution in [1.82, 2.24) is 20.9 Å². The highest BCUT2D eigenvalue weighted by molar-refractivity contribution is 7.80. The van der Waals surface area contributed by atoms with Crippen LogP contribution in [0.2, 0.25) is 5.02 Å². The molecular formula is C20H29ClN4O3S. The van der Waals surface area contributed by atoms with Crippen LogP contribution in [0.5, 0.6) is 0 Å². The number of halogens is 1. The molecule has 1 aromatic carbocycles. The predicted molar refractivity (Wildman–Crippen MR) is 118 cm³/mol. The fourth-order valence-corrected chi connectivity index (χ4v) is 3.90. The monoisotopic (exact) mass is 440 g/mol. The molecule has 0 spiro atoms. The Morgan fingerprint density at radius 1 is 1.28 bits per heavy atom. The van der Waals surface area contributed by atoms with Gasteiger partial charge in [0, 0.05) is 33.3 Å². The van der Waals surface area contributed by atoms with Gasteiger partial charge < -0.3 is 25.6 Å². The summed E-state index contributed by atoms with van der Waals surface area (Å²) in [5, 5.41) is 9.98. The number of carbonyl (C=O) groups excluding carboxylic acids is 2. The average Bonchev–Trinajstić information content (AvgIpc) is 2.72. The quantitative estimate of drug-likeness (QED) is 0.422. The molecule has 1 aromatic rings. The van der Waals surface area contributed by atoms with Crippen LogP contribution < -0.4 is 16.0 Å². The number of piperidine rings is 1. The molecular weight excluding hydrogens is 412 g/mol. The number of carbonyl (C=O) groups is 2. The van der Waals surface area contributed by atoms with Crippen molar-refractivity contribution < 1.29 is 14.3 Å². The minimum Gasteiger partial charge on any atom is -0.383 e. The van der Waals surface area contributed by atoms with Crippen molar-refractivity contribution in [3.8, 4) is 0 Å². The highest BCUT2D eigenvalue weighted by atomic mass is 35.5. The fourth-order valence-electron chi connectivity index (χ4n) is 3.35. The number of hydrogen-bond acceptors (Lipinski definition) is 4. The number of ether oxygens (including phenoxy) is 1. The molecule has 1 atom stereocenters. The van der Waals surface area contributed by atoms with E-state index < -0.39 is 6.04 Å².